The first kappa shape index (κ1) is 18.7. The Hall–Kier alpha value is -2.67. The zero-order valence-corrected chi connectivity index (χ0v) is 16.3. The van der Waals surface area contributed by atoms with Crippen LogP contribution in [-0.2, 0) is 33.9 Å². The van der Waals surface area contributed by atoms with E-state index in [0.29, 0.717) is 19.6 Å². The van der Waals surface area contributed by atoms with Gasteiger partial charge in [0.1, 0.15) is 0 Å². The normalized spacial score (nSPS) is 18.4. The molecule has 0 aliphatic carbocycles. The number of carbonyl (C=O) groups excluding carboxylic acids is 2. The molecule has 2 aliphatic heterocycles. The van der Waals surface area contributed by atoms with Gasteiger partial charge in [-0.15, -0.1) is 11.3 Å². The third-order valence-corrected chi connectivity index (χ3v) is 6.58. The highest BCUT2D eigenvalue weighted by Gasteiger charge is 2.32. The van der Waals surface area contributed by atoms with Crippen molar-refractivity contribution in [2.75, 3.05) is 13.1 Å². The maximum atomic E-state index is 12.7. The summed E-state index contributed by atoms with van der Waals surface area (Å²) in [5, 5.41) is 11.6. The summed E-state index contributed by atoms with van der Waals surface area (Å²) in [4.78, 5) is 41.6. The topological polar surface area (TPSA) is 77.9 Å². The molecular weight excluding hydrogens is 376 g/mol. The van der Waals surface area contributed by atoms with Gasteiger partial charge < -0.3 is 14.9 Å². The lowest BCUT2D eigenvalue weighted by Gasteiger charge is -2.33. The van der Waals surface area contributed by atoms with E-state index < -0.39 is 11.9 Å². The molecule has 3 heterocycles. The Morgan fingerprint density at radius 2 is 1.71 bits per heavy atom. The Labute approximate surface area is 167 Å². The fourth-order valence-electron chi connectivity index (χ4n) is 4.00. The third kappa shape index (κ3) is 3.67. The second-order valence-electron chi connectivity index (χ2n) is 7.30. The van der Waals surface area contributed by atoms with Crippen molar-refractivity contribution in [3.8, 4) is 0 Å². The van der Waals surface area contributed by atoms with Crippen molar-refractivity contribution in [3.05, 3.63) is 57.3 Å². The van der Waals surface area contributed by atoms with Crippen LogP contribution in [0.5, 0.6) is 0 Å². The van der Waals surface area contributed by atoms with Crippen molar-refractivity contribution in [3.63, 3.8) is 0 Å². The summed E-state index contributed by atoms with van der Waals surface area (Å²) >= 11 is 1.73. The van der Waals surface area contributed by atoms with Crippen LogP contribution in [0.2, 0.25) is 0 Å². The summed E-state index contributed by atoms with van der Waals surface area (Å²) in [5.74, 6) is -1.83. The van der Waals surface area contributed by atoms with Gasteiger partial charge in [-0.3, -0.25) is 14.4 Å². The first-order valence-electron chi connectivity index (χ1n) is 9.44. The minimum Gasteiger partial charge on any atom is -0.481 e. The molecule has 0 spiro atoms. The molecule has 0 saturated carbocycles. The summed E-state index contributed by atoms with van der Waals surface area (Å²) in [6.07, 6.45) is 1.14. The van der Waals surface area contributed by atoms with E-state index in [-0.39, 0.29) is 31.2 Å². The molecule has 146 valence electrons. The zero-order chi connectivity index (χ0) is 19.7. The van der Waals surface area contributed by atoms with Crippen LogP contribution in [0.3, 0.4) is 0 Å². The highest BCUT2D eigenvalue weighted by atomic mass is 32.1. The molecule has 0 saturated heterocycles. The number of carbonyl (C=O) groups is 3. The largest absolute Gasteiger partial charge is 0.481 e. The smallest absolute Gasteiger partial charge is 0.312 e. The molecule has 2 aliphatic rings. The number of hydrogen-bond donors (Lipinski definition) is 1. The van der Waals surface area contributed by atoms with Gasteiger partial charge in [0.05, 0.1) is 5.92 Å². The highest BCUT2D eigenvalue weighted by molar-refractivity contribution is 7.10. The molecule has 2 aromatic rings. The SMILES string of the molecule is O=C(O)C1CN(C(=O)CCC(=O)N2CCc3sccc3C2)Cc2ccccc21. The van der Waals surface area contributed by atoms with Crippen molar-refractivity contribution in [2.45, 2.75) is 38.3 Å². The summed E-state index contributed by atoms with van der Waals surface area (Å²) in [7, 11) is 0. The van der Waals surface area contributed by atoms with Crippen molar-refractivity contribution < 1.29 is 19.5 Å². The lowest BCUT2D eigenvalue weighted by Crippen LogP contribution is -2.41. The minimum atomic E-state index is -0.930. The number of rotatable bonds is 4. The van der Waals surface area contributed by atoms with Crippen LogP contribution in [0, 0.1) is 0 Å². The Balaban J connectivity index is 1.36. The Bertz CT molecular complexity index is 923. The monoisotopic (exact) mass is 398 g/mol. The van der Waals surface area contributed by atoms with Crippen LogP contribution < -0.4 is 0 Å². The average Bonchev–Trinajstić information content (AvgIpc) is 3.18. The van der Waals surface area contributed by atoms with Crippen LogP contribution in [-0.4, -0.2) is 45.8 Å². The number of carboxylic acid groups (broad SMARTS) is 1. The average molecular weight is 398 g/mol. The highest BCUT2D eigenvalue weighted by Crippen LogP contribution is 2.29. The molecule has 4 rings (SSSR count). The van der Waals surface area contributed by atoms with Gasteiger partial charge in [-0.1, -0.05) is 24.3 Å². The standard InChI is InChI=1S/C21H22N2O4S/c24-19(22-9-7-18-15(12-22)8-10-28-18)5-6-20(25)23-11-14-3-1-2-4-16(14)17(13-23)21(26)27/h1-4,8,10,17H,5-7,9,11-13H2,(H,26,27). The molecular formula is C21H22N2O4S. The first-order chi connectivity index (χ1) is 13.5. The van der Waals surface area contributed by atoms with E-state index in [9.17, 15) is 19.5 Å². The first-order valence-corrected chi connectivity index (χ1v) is 10.3. The van der Waals surface area contributed by atoms with Gasteiger partial charge in [0.15, 0.2) is 0 Å². The maximum absolute atomic E-state index is 12.7. The molecule has 1 N–H and O–H groups in total. The predicted molar refractivity (Wildman–Crippen MR) is 105 cm³/mol. The number of thiophene rings is 1. The fraction of sp³-hybridized carbons (Fsp3) is 0.381. The number of amides is 2. The second-order valence-corrected chi connectivity index (χ2v) is 8.30. The van der Waals surface area contributed by atoms with E-state index in [1.165, 1.54) is 10.4 Å². The Kier molecular flexibility index (Phi) is 5.17. The lowest BCUT2D eigenvalue weighted by molar-refractivity contribution is -0.142. The van der Waals surface area contributed by atoms with E-state index in [2.05, 4.69) is 11.4 Å². The van der Waals surface area contributed by atoms with E-state index in [1.807, 2.05) is 29.2 Å². The molecule has 1 atom stereocenters. The lowest BCUT2D eigenvalue weighted by atomic mass is 9.89. The number of aliphatic carboxylic acids is 1. The predicted octanol–water partition coefficient (Wildman–Crippen LogP) is 2.62. The van der Waals surface area contributed by atoms with Gasteiger partial charge in [-0.2, -0.15) is 0 Å². The van der Waals surface area contributed by atoms with Crippen LogP contribution in [0.4, 0.5) is 0 Å². The van der Waals surface area contributed by atoms with Crippen molar-refractivity contribution >= 4 is 29.1 Å². The van der Waals surface area contributed by atoms with Gasteiger partial charge in [-0.05, 0) is 34.6 Å². The van der Waals surface area contributed by atoms with Crippen molar-refractivity contribution in [1.29, 1.82) is 0 Å². The molecule has 28 heavy (non-hydrogen) atoms. The van der Waals surface area contributed by atoms with Gasteiger partial charge in [-0.25, -0.2) is 0 Å². The Morgan fingerprint density at radius 3 is 2.50 bits per heavy atom. The number of fused-ring (bicyclic) bond motifs is 2. The van der Waals surface area contributed by atoms with Crippen molar-refractivity contribution in [2.24, 2.45) is 0 Å². The number of hydrogen-bond acceptors (Lipinski definition) is 4. The molecule has 1 aromatic carbocycles. The van der Waals surface area contributed by atoms with E-state index in [1.54, 1.807) is 16.2 Å². The van der Waals surface area contributed by atoms with Gasteiger partial charge in [0, 0.05) is 43.9 Å². The van der Waals surface area contributed by atoms with Gasteiger partial charge in [0.2, 0.25) is 11.8 Å². The molecule has 0 radical (unpaired) electrons. The summed E-state index contributed by atoms with van der Waals surface area (Å²) in [5.41, 5.74) is 2.84. The molecule has 1 unspecified atom stereocenters. The van der Waals surface area contributed by atoms with Crippen LogP contribution in [0.1, 0.15) is 40.3 Å². The van der Waals surface area contributed by atoms with Crippen molar-refractivity contribution in [1.82, 2.24) is 9.80 Å². The van der Waals surface area contributed by atoms with Crippen LogP contribution in [0.15, 0.2) is 35.7 Å². The molecule has 0 fully saturated rings. The third-order valence-electron chi connectivity index (χ3n) is 5.56. The fourth-order valence-corrected chi connectivity index (χ4v) is 4.89. The molecule has 0 bridgehead atoms. The summed E-state index contributed by atoms with van der Waals surface area (Å²) in [6.45, 7) is 1.86. The molecule has 7 heteroatoms. The maximum Gasteiger partial charge on any atom is 0.312 e. The summed E-state index contributed by atoms with van der Waals surface area (Å²) in [6, 6.07) is 9.41. The summed E-state index contributed by atoms with van der Waals surface area (Å²) < 4.78 is 0. The van der Waals surface area contributed by atoms with Crippen LogP contribution in [0.25, 0.3) is 0 Å². The van der Waals surface area contributed by atoms with Crippen LogP contribution >= 0.6 is 11.3 Å². The minimum absolute atomic E-state index is 0.0163. The molecule has 2 amide bonds. The number of carboxylic acids is 1. The quantitative estimate of drug-likeness (QED) is 0.859. The molecule has 6 nitrogen and oxygen atoms in total. The Morgan fingerprint density at radius 1 is 1.00 bits per heavy atom. The van der Waals surface area contributed by atoms with E-state index in [4.69, 9.17) is 0 Å². The van der Waals surface area contributed by atoms with Gasteiger partial charge in [0.25, 0.3) is 0 Å². The van der Waals surface area contributed by atoms with E-state index in [0.717, 1.165) is 17.5 Å². The van der Waals surface area contributed by atoms with Gasteiger partial charge >= 0.3 is 5.97 Å². The zero-order valence-electron chi connectivity index (χ0n) is 15.5. The number of nitrogens with zero attached hydrogens (tertiary/aromatic N) is 2. The number of benzene rings is 1. The second kappa shape index (κ2) is 7.75. The molecule has 1 aromatic heterocycles. The van der Waals surface area contributed by atoms with E-state index >= 15 is 0 Å².